The van der Waals surface area contributed by atoms with E-state index < -0.39 is 0 Å². The second-order valence-electron chi connectivity index (χ2n) is 5.20. The normalized spacial score (nSPS) is 22.2. The predicted molar refractivity (Wildman–Crippen MR) is 80.5 cm³/mol. The maximum absolute atomic E-state index is 4.20. The lowest BCUT2D eigenvalue weighted by Crippen LogP contribution is -2.33. The topological polar surface area (TPSA) is 24.9 Å². The van der Waals surface area contributed by atoms with E-state index in [-0.39, 0.29) is 0 Å². The zero-order chi connectivity index (χ0) is 13.1. The number of hydrogen-bond donors (Lipinski definition) is 1. The molecule has 1 aliphatic carbocycles. The molecule has 0 bridgehead atoms. The number of fused-ring (bicyclic) bond motifs is 1. The molecule has 0 spiro atoms. The molecule has 2 aromatic rings. The molecule has 19 heavy (non-hydrogen) atoms. The van der Waals surface area contributed by atoms with Gasteiger partial charge in [0, 0.05) is 17.1 Å². The lowest BCUT2D eigenvalue weighted by atomic mass is 9.78. The van der Waals surface area contributed by atoms with Crippen molar-refractivity contribution in [3.63, 3.8) is 0 Å². The van der Waals surface area contributed by atoms with Gasteiger partial charge in [0.1, 0.15) is 0 Å². The molecule has 2 unspecified atom stereocenters. The number of aryl methyl sites for hydroxylation is 1. The van der Waals surface area contributed by atoms with Crippen molar-refractivity contribution in [2.75, 3.05) is 6.54 Å². The van der Waals surface area contributed by atoms with E-state index in [9.17, 15) is 0 Å². The molecule has 1 aromatic carbocycles. The molecule has 1 aliphatic rings. The summed E-state index contributed by atoms with van der Waals surface area (Å²) >= 11 is 1.78. The fourth-order valence-corrected chi connectivity index (χ4v) is 3.83. The third-order valence-corrected chi connectivity index (χ3v) is 4.82. The summed E-state index contributed by atoms with van der Waals surface area (Å²) in [6.07, 6.45) is 5.65. The van der Waals surface area contributed by atoms with Crippen LogP contribution in [-0.4, -0.2) is 11.5 Å². The van der Waals surface area contributed by atoms with Crippen LogP contribution in [0, 0.1) is 5.92 Å². The fraction of sp³-hybridized carbons (Fsp3) is 0.438. The second kappa shape index (κ2) is 5.85. The summed E-state index contributed by atoms with van der Waals surface area (Å²) in [7, 11) is 0. The van der Waals surface area contributed by atoms with E-state index >= 15 is 0 Å². The van der Waals surface area contributed by atoms with E-state index in [4.69, 9.17) is 0 Å². The number of rotatable bonds is 4. The molecule has 2 nitrogen and oxygen atoms in total. The molecule has 1 heterocycles. The number of nitrogens with one attached hydrogen (secondary N) is 1. The molecule has 3 heteroatoms. The maximum atomic E-state index is 4.20. The van der Waals surface area contributed by atoms with Gasteiger partial charge in [0.05, 0.1) is 5.51 Å². The van der Waals surface area contributed by atoms with Gasteiger partial charge in [-0.2, -0.15) is 0 Å². The Bertz CT molecular complexity index is 521. The van der Waals surface area contributed by atoms with E-state index in [1.165, 1.54) is 28.8 Å². The molecule has 1 N–H and O–H groups in total. The Morgan fingerprint density at radius 3 is 3.05 bits per heavy atom. The molecule has 0 saturated carbocycles. The van der Waals surface area contributed by atoms with E-state index in [0.29, 0.717) is 12.0 Å². The third-order valence-electron chi connectivity index (χ3n) is 4.02. The average molecular weight is 272 g/mol. The smallest absolute Gasteiger partial charge is 0.0794 e. The van der Waals surface area contributed by atoms with Gasteiger partial charge < -0.3 is 5.32 Å². The zero-order valence-electron chi connectivity index (χ0n) is 11.3. The molecular weight excluding hydrogens is 252 g/mol. The van der Waals surface area contributed by atoms with Crippen LogP contribution in [0.15, 0.2) is 36.0 Å². The van der Waals surface area contributed by atoms with Crippen LogP contribution in [0.3, 0.4) is 0 Å². The number of hydrogen-bond acceptors (Lipinski definition) is 3. The first kappa shape index (κ1) is 12.8. The Balaban J connectivity index is 1.85. The minimum absolute atomic E-state index is 0.497. The Morgan fingerprint density at radius 2 is 2.26 bits per heavy atom. The minimum Gasteiger partial charge on any atom is -0.310 e. The Morgan fingerprint density at radius 1 is 1.37 bits per heavy atom. The summed E-state index contributed by atoms with van der Waals surface area (Å²) < 4.78 is 0. The van der Waals surface area contributed by atoms with Gasteiger partial charge in [-0.1, -0.05) is 31.2 Å². The number of nitrogens with zero attached hydrogens (tertiary/aromatic N) is 1. The molecule has 0 saturated heterocycles. The summed E-state index contributed by atoms with van der Waals surface area (Å²) in [5, 5.41) is 3.69. The lowest BCUT2D eigenvalue weighted by Gasteiger charge is -2.34. The van der Waals surface area contributed by atoms with Gasteiger partial charge >= 0.3 is 0 Å². The van der Waals surface area contributed by atoms with Crippen LogP contribution in [0.1, 0.15) is 35.4 Å². The summed E-state index contributed by atoms with van der Waals surface area (Å²) in [6.45, 7) is 3.22. The van der Waals surface area contributed by atoms with Crippen LogP contribution < -0.4 is 5.32 Å². The van der Waals surface area contributed by atoms with Crippen molar-refractivity contribution in [3.8, 4) is 0 Å². The van der Waals surface area contributed by atoms with E-state index in [1.807, 2.05) is 11.7 Å². The molecule has 2 atom stereocenters. The Labute approximate surface area is 118 Å². The van der Waals surface area contributed by atoms with Gasteiger partial charge in [0.25, 0.3) is 0 Å². The van der Waals surface area contributed by atoms with Crippen molar-refractivity contribution in [1.29, 1.82) is 0 Å². The van der Waals surface area contributed by atoms with Crippen molar-refractivity contribution in [1.82, 2.24) is 10.3 Å². The summed E-state index contributed by atoms with van der Waals surface area (Å²) in [6, 6.07) is 9.39. The largest absolute Gasteiger partial charge is 0.310 e. The summed E-state index contributed by atoms with van der Waals surface area (Å²) in [5.41, 5.74) is 4.97. The molecular formula is C16H20N2S. The van der Waals surface area contributed by atoms with Gasteiger partial charge in [-0.25, -0.2) is 0 Å². The van der Waals surface area contributed by atoms with Gasteiger partial charge in [-0.05, 0) is 42.9 Å². The first-order valence-corrected chi connectivity index (χ1v) is 7.95. The van der Waals surface area contributed by atoms with Crippen LogP contribution in [0.25, 0.3) is 0 Å². The van der Waals surface area contributed by atoms with Gasteiger partial charge in [0.2, 0.25) is 0 Å². The minimum atomic E-state index is 0.497. The molecule has 3 rings (SSSR count). The SMILES string of the molecule is CCNC1c2ccccc2CCC1Cc1cncs1. The molecule has 100 valence electrons. The molecule has 0 amide bonds. The number of aromatic nitrogens is 1. The first-order chi connectivity index (χ1) is 9.38. The highest BCUT2D eigenvalue weighted by atomic mass is 32.1. The average Bonchev–Trinajstić information content (AvgIpc) is 2.94. The van der Waals surface area contributed by atoms with Gasteiger partial charge in [-0.3, -0.25) is 4.98 Å². The fourth-order valence-electron chi connectivity index (χ4n) is 3.14. The highest BCUT2D eigenvalue weighted by Gasteiger charge is 2.28. The third kappa shape index (κ3) is 2.72. The molecule has 0 aliphatic heterocycles. The second-order valence-corrected chi connectivity index (χ2v) is 6.18. The monoisotopic (exact) mass is 272 g/mol. The van der Waals surface area contributed by atoms with Crippen molar-refractivity contribution >= 4 is 11.3 Å². The van der Waals surface area contributed by atoms with E-state index in [0.717, 1.165) is 13.0 Å². The van der Waals surface area contributed by atoms with Gasteiger partial charge in [0.15, 0.2) is 0 Å². The zero-order valence-corrected chi connectivity index (χ0v) is 12.1. The highest BCUT2D eigenvalue weighted by Crippen LogP contribution is 2.36. The maximum Gasteiger partial charge on any atom is 0.0794 e. The lowest BCUT2D eigenvalue weighted by molar-refractivity contribution is 0.324. The standard InChI is InChI=1S/C16H20N2S/c1-2-18-16-13(9-14-10-17-11-19-14)8-7-12-5-3-4-6-15(12)16/h3-6,10-11,13,16,18H,2,7-9H2,1H3. The molecule has 0 radical (unpaired) electrons. The van der Waals surface area contributed by atoms with Crippen molar-refractivity contribution in [2.45, 2.75) is 32.2 Å². The van der Waals surface area contributed by atoms with Crippen molar-refractivity contribution in [3.05, 3.63) is 52.0 Å². The molecule has 1 aromatic heterocycles. The first-order valence-electron chi connectivity index (χ1n) is 7.07. The quantitative estimate of drug-likeness (QED) is 0.920. The highest BCUT2D eigenvalue weighted by molar-refractivity contribution is 7.09. The van der Waals surface area contributed by atoms with Crippen molar-refractivity contribution < 1.29 is 0 Å². The molecule has 0 fully saturated rings. The Hall–Kier alpha value is -1.19. The predicted octanol–water partition coefficient (Wildman–Crippen LogP) is 3.60. The summed E-state index contributed by atoms with van der Waals surface area (Å²) in [4.78, 5) is 5.61. The number of thiazole rings is 1. The summed E-state index contributed by atoms with van der Waals surface area (Å²) in [5.74, 6) is 0.690. The van der Waals surface area contributed by atoms with Crippen LogP contribution >= 0.6 is 11.3 Å². The van der Waals surface area contributed by atoms with E-state index in [1.54, 1.807) is 11.3 Å². The van der Waals surface area contributed by atoms with E-state index in [2.05, 4.69) is 41.5 Å². The van der Waals surface area contributed by atoms with Gasteiger partial charge in [-0.15, -0.1) is 11.3 Å². The van der Waals surface area contributed by atoms with Crippen LogP contribution in [0.4, 0.5) is 0 Å². The van der Waals surface area contributed by atoms with Crippen molar-refractivity contribution in [2.24, 2.45) is 5.92 Å². The van der Waals surface area contributed by atoms with Crippen LogP contribution in [0.2, 0.25) is 0 Å². The number of benzene rings is 1. The van der Waals surface area contributed by atoms with Crippen LogP contribution in [-0.2, 0) is 12.8 Å². The van der Waals surface area contributed by atoms with Crippen LogP contribution in [0.5, 0.6) is 0 Å². The Kier molecular flexibility index (Phi) is 3.95.